The predicted molar refractivity (Wildman–Crippen MR) is 92.1 cm³/mol. The Bertz CT molecular complexity index is 662. The fourth-order valence-corrected chi connectivity index (χ4v) is 3.17. The molecule has 2 aromatic rings. The van der Waals surface area contributed by atoms with Crippen LogP contribution in [-0.2, 0) is 0 Å². The second-order valence-electron chi connectivity index (χ2n) is 5.53. The van der Waals surface area contributed by atoms with Crippen molar-refractivity contribution in [1.29, 1.82) is 0 Å². The van der Waals surface area contributed by atoms with Gasteiger partial charge in [0.1, 0.15) is 0 Å². The SMILES string of the molecule is O=C(N[C@H]1CCCNC1)c1ccc(NC(=O)c2cccs2)cc1. The van der Waals surface area contributed by atoms with Gasteiger partial charge in [-0.25, -0.2) is 0 Å². The van der Waals surface area contributed by atoms with E-state index < -0.39 is 0 Å². The van der Waals surface area contributed by atoms with Gasteiger partial charge < -0.3 is 16.0 Å². The quantitative estimate of drug-likeness (QED) is 0.807. The molecule has 1 aromatic carbocycles. The van der Waals surface area contributed by atoms with Gasteiger partial charge in [0.15, 0.2) is 0 Å². The van der Waals surface area contributed by atoms with Crippen LogP contribution in [0.3, 0.4) is 0 Å². The topological polar surface area (TPSA) is 70.2 Å². The van der Waals surface area contributed by atoms with E-state index in [1.165, 1.54) is 11.3 Å². The minimum atomic E-state index is -0.134. The van der Waals surface area contributed by atoms with Gasteiger partial charge in [0, 0.05) is 23.8 Å². The molecule has 1 aliphatic heterocycles. The van der Waals surface area contributed by atoms with E-state index in [-0.39, 0.29) is 17.9 Å². The zero-order valence-corrected chi connectivity index (χ0v) is 13.5. The maximum atomic E-state index is 12.2. The summed E-state index contributed by atoms with van der Waals surface area (Å²) in [5.74, 6) is -0.208. The molecular weight excluding hydrogens is 310 g/mol. The molecule has 1 aliphatic rings. The van der Waals surface area contributed by atoms with Gasteiger partial charge in [0.25, 0.3) is 11.8 Å². The lowest BCUT2D eigenvalue weighted by Crippen LogP contribution is -2.45. The zero-order chi connectivity index (χ0) is 16.1. The number of piperidine rings is 1. The average molecular weight is 329 g/mol. The molecule has 3 rings (SSSR count). The van der Waals surface area contributed by atoms with Crippen molar-refractivity contribution in [2.24, 2.45) is 0 Å². The smallest absolute Gasteiger partial charge is 0.265 e. The summed E-state index contributed by atoms with van der Waals surface area (Å²) >= 11 is 1.40. The first-order valence-corrected chi connectivity index (χ1v) is 8.57. The van der Waals surface area contributed by atoms with E-state index in [0.29, 0.717) is 16.1 Å². The van der Waals surface area contributed by atoms with Crippen LogP contribution in [0.2, 0.25) is 0 Å². The van der Waals surface area contributed by atoms with Crippen LogP contribution >= 0.6 is 11.3 Å². The van der Waals surface area contributed by atoms with Crippen molar-refractivity contribution in [2.75, 3.05) is 18.4 Å². The monoisotopic (exact) mass is 329 g/mol. The van der Waals surface area contributed by atoms with E-state index in [2.05, 4.69) is 16.0 Å². The Labute approximate surface area is 139 Å². The largest absolute Gasteiger partial charge is 0.348 e. The van der Waals surface area contributed by atoms with Gasteiger partial charge in [0.05, 0.1) is 4.88 Å². The lowest BCUT2D eigenvalue weighted by atomic mass is 10.1. The molecular formula is C17H19N3O2S. The predicted octanol–water partition coefficient (Wildman–Crippen LogP) is 2.48. The van der Waals surface area contributed by atoms with E-state index in [1.54, 1.807) is 30.3 Å². The summed E-state index contributed by atoms with van der Waals surface area (Å²) in [4.78, 5) is 24.8. The van der Waals surface area contributed by atoms with Crippen LogP contribution in [0.4, 0.5) is 5.69 Å². The van der Waals surface area contributed by atoms with Crippen molar-refractivity contribution in [3.05, 3.63) is 52.2 Å². The number of carbonyl (C=O) groups excluding carboxylic acids is 2. The first-order valence-electron chi connectivity index (χ1n) is 7.69. The van der Waals surface area contributed by atoms with Crippen molar-refractivity contribution < 1.29 is 9.59 Å². The van der Waals surface area contributed by atoms with Crippen molar-refractivity contribution >= 4 is 28.8 Å². The molecule has 1 aromatic heterocycles. The van der Waals surface area contributed by atoms with Crippen molar-refractivity contribution in [3.63, 3.8) is 0 Å². The van der Waals surface area contributed by atoms with E-state index in [1.807, 2.05) is 11.4 Å². The normalized spacial score (nSPS) is 17.5. The highest BCUT2D eigenvalue weighted by atomic mass is 32.1. The maximum Gasteiger partial charge on any atom is 0.265 e. The molecule has 1 saturated heterocycles. The Balaban J connectivity index is 1.58. The molecule has 120 valence electrons. The molecule has 2 amide bonds. The Hall–Kier alpha value is -2.18. The van der Waals surface area contributed by atoms with Crippen molar-refractivity contribution in [2.45, 2.75) is 18.9 Å². The number of nitrogens with one attached hydrogen (secondary N) is 3. The zero-order valence-electron chi connectivity index (χ0n) is 12.7. The highest BCUT2D eigenvalue weighted by molar-refractivity contribution is 7.12. The summed E-state index contributed by atoms with van der Waals surface area (Å²) in [5.41, 5.74) is 1.28. The summed E-state index contributed by atoms with van der Waals surface area (Å²) in [6.07, 6.45) is 2.09. The summed E-state index contributed by atoms with van der Waals surface area (Å²) in [5, 5.41) is 11.0. The molecule has 3 N–H and O–H groups in total. The van der Waals surface area contributed by atoms with Crippen LogP contribution in [0.5, 0.6) is 0 Å². The third-order valence-electron chi connectivity index (χ3n) is 3.78. The van der Waals surface area contributed by atoms with Crippen LogP contribution in [0.25, 0.3) is 0 Å². The third kappa shape index (κ3) is 4.18. The van der Waals surface area contributed by atoms with Gasteiger partial charge in [-0.1, -0.05) is 6.07 Å². The molecule has 23 heavy (non-hydrogen) atoms. The molecule has 0 bridgehead atoms. The van der Waals surface area contributed by atoms with Gasteiger partial charge in [0.2, 0.25) is 0 Å². The molecule has 1 atom stereocenters. The number of carbonyl (C=O) groups is 2. The number of anilines is 1. The third-order valence-corrected chi connectivity index (χ3v) is 4.65. The molecule has 0 saturated carbocycles. The van der Waals surface area contributed by atoms with Crippen LogP contribution in [-0.4, -0.2) is 30.9 Å². The summed E-state index contributed by atoms with van der Waals surface area (Å²) in [6, 6.07) is 10.8. The van der Waals surface area contributed by atoms with Crippen molar-refractivity contribution in [3.8, 4) is 0 Å². The minimum absolute atomic E-state index is 0.0742. The fraction of sp³-hybridized carbons (Fsp3) is 0.294. The molecule has 2 heterocycles. The van der Waals surface area contributed by atoms with Crippen molar-refractivity contribution in [1.82, 2.24) is 10.6 Å². The van der Waals surface area contributed by atoms with Gasteiger partial charge in [-0.2, -0.15) is 0 Å². The first kappa shape index (κ1) is 15.7. The Kier molecular flexibility index (Phi) is 5.05. The summed E-state index contributed by atoms with van der Waals surface area (Å²) in [7, 11) is 0. The fourth-order valence-electron chi connectivity index (χ4n) is 2.55. The second kappa shape index (κ2) is 7.39. The molecule has 5 nitrogen and oxygen atoms in total. The number of hydrogen-bond donors (Lipinski definition) is 3. The molecule has 0 unspecified atom stereocenters. The van der Waals surface area contributed by atoms with E-state index >= 15 is 0 Å². The maximum absolute atomic E-state index is 12.2. The Morgan fingerprint density at radius 2 is 1.96 bits per heavy atom. The first-order chi connectivity index (χ1) is 11.2. The lowest BCUT2D eigenvalue weighted by Gasteiger charge is -2.23. The summed E-state index contributed by atoms with van der Waals surface area (Å²) < 4.78 is 0. The molecule has 0 aliphatic carbocycles. The Morgan fingerprint density at radius 3 is 2.61 bits per heavy atom. The minimum Gasteiger partial charge on any atom is -0.348 e. The molecule has 6 heteroatoms. The van der Waals surface area contributed by atoms with Crippen LogP contribution in [0.1, 0.15) is 32.9 Å². The Morgan fingerprint density at radius 1 is 1.13 bits per heavy atom. The van der Waals surface area contributed by atoms with E-state index in [0.717, 1.165) is 25.9 Å². The van der Waals surface area contributed by atoms with Gasteiger partial charge in [-0.05, 0) is 55.1 Å². The van der Waals surface area contributed by atoms with Crippen LogP contribution < -0.4 is 16.0 Å². The van der Waals surface area contributed by atoms with Crippen LogP contribution in [0.15, 0.2) is 41.8 Å². The molecule has 0 radical (unpaired) electrons. The lowest BCUT2D eigenvalue weighted by molar-refractivity contribution is 0.0930. The van der Waals surface area contributed by atoms with Gasteiger partial charge in [-0.3, -0.25) is 9.59 Å². The van der Waals surface area contributed by atoms with Crippen LogP contribution in [0, 0.1) is 0 Å². The van der Waals surface area contributed by atoms with Gasteiger partial charge >= 0.3 is 0 Å². The number of thiophene rings is 1. The highest BCUT2D eigenvalue weighted by Crippen LogP contribution is 2.14. The van der Waals surface area contributed by atoms with E-state index in [9.17, 15) is 9.59 Å². The molecule has 0 spiro atoms. The number of benzene rings is 1. The highest BCUT2D eigenvalue weighted by Gasteiger charge is 2.16. The number of amides is 2. The standard InChI is InChI=1S/C17H19N3O2S/c21-16(20-14-3-1-9-18-11-14)12-5-7-13(8-6-12)19-17(22)15-4-2-10-23-15/h2,4-8,10,14,18H,1,3,9,11H2,(H,19,22)(H,20,21)/t14-/m0/s1. The number of hydrogen-bond acceptors (Lipinski definition) is 4. The molecule has 1 fully saturated rings. The van der Waals surface area contributed by atoms with E-state index in [4.69, 9.17) is 0 Å². The number of rotatable bonds is 4. The second-order valence-corrected chi connectivity index (χ2v) is 6.47. The summed E-state index contributed by atoms with van der Waals surface area (Å²) in [6.45, 7) is 1.84. The average Bonchev–Trinajstić information content (AvgIpc) is 3.11. The van der Waals surface area contributed by atoms with Gasteiger partial charge in [-0.15, -0.1) is 11.3 Å².